The van der Waals surface area contributed by atoms with Gasteiger partial charge >= 0.3 is 0 Å². The molecular weight excluding hydrogens is 352 g/mol. The van der Waals surface area contributed by atoms with E-state index in [9.17, 15) is 0 Å². The molecule has 0 aliphatic carbocycles. The lowest BCUT2D eigenvalue weighted by Crippen LogP contribution is -2.39. The fourth-order valence-electron chi connectivity index (χ4n) is 2.80. The zero-order chi connectivity index (χ0) is 18.6. The van der Waals surface area contributed by atoms with Crippen LogP contribution in [0.25, 0.3) is 11.5 Å². The molecule has 0 spiro atoms. The number of tetrazole rings is 1. The SMILES string of the molecule is COCCn1nnc(C2CN(c3cc(-c4nc(C)no4)ccn3)CCO2)n1. The van der Waals surface area contributed by atoms with Crippen molar-refractivity contribution in [1.82, 2.24) is 35.3 Å². The molecule has 0 aromatic carbocycles. The molecule has 11 heteroatoms. The number of nitrogens with zero attached hydrogens (tertiary/aromatic N) is 8. The highest BCUT2D eigenvalue weighted by molar-refractivity contribution is 5.58. The molecule has 0 bridgehead atoms. The highest BCUT2D eigenvalue weighted by atomic mass is 16.5. The second-order valence-electron chi connectivity index (χ2n) is 6.09. The minimum atomic E-state index is -0.272. The maximum atomic E-state index is 5.83. The van der Waals surface area contributed by atoms with E-state index in [1.54, 1.807) is 20.2 Å². The van der Waals surface area contributed by atoms with Gasteiger partial charge in [0.1, 0.15) is 11.9 Å². The Morgan fingerprint density at radius 2 is 2.30 bits per heavy atom. The van der Waals surface area contributed by atoms with Crippen molar-refractivity contribution >= 4 is 5.82 Å². The maximum Gasteiger partial charge on any atom is 0.258 e. The van der Waals surface area contributed by atoms with Crippen LogP contribution in [0.2, 0.25) is 0 Å². The van der Waals surface area contributed by atoms with Crippen molar-refractivity contribution in [3.8, 4) is 11.5 Å². The summed E-state index contributed by atoms with van der Waals surface area (Å²) in [4.78, 5) is 12.4. The molecule has 1 fully saturated rings. The van der Waals surface area contributed by atoms with Crippen LogP contribution in [-0.2, 0) is 16.0 Å². The van der Waals surface area contributed by atoms with Crippen LogP contribution in [-0.4, -0.2) is 68.7 Å². The van der Waals surface area contributed by atoms with Gasteiger partial charge in [0.05, 0.1) is 26.3 Å². The Morgan fingerprint density at radius 3 is 3.11 bits per heavy atom. The zero-order valence-electron chi connectivity index (χ0n) is 15.1. The third-order valence-corrected chi connectivity index (χ3v) is 4.16. The van der Waals surface area contributed by atoms with Crippen LogP contribution in [0.4, 0.5) is 5.82 Å². The molecule has 0 radical (unpaired) electrons. The van der Waals surface area contributed by atoms with Gasteiger partial charge in [-0.3, -0.25) is 0 Å². The topological polar surface area (TPSA) is 117 Å². The molecule has 142 valence electrons. The first-order valence-electron chi connectivity index (χ1n) is 8.63. The standard InChI is InChI=1S/C16H20N8O3/c1-11-18-16(27-21-11)12-3-4-17-14(9-12)23-5-8-26-13(10-23)15-19-22-24(20-15)6-7-25-2/h3-4,9,13H,5-8,10H2,1-2H3. The quantitative estimate of drug-likeness (QED) is 0.610. The minimum Gasteiger partial charge on any atom is -0.383 e. The monoisotopic (exact) mass is 372 g/mol. The molecule has 1 saturated heterocycles. The number of aryl methyl sites for hydroxylation is 1. The first-order chi connectivity index (χ1) is 13.2. The summed E-state index contributed by atoms with van der Waals surface area (Å²) in [7, 11) is 1.64. The number of morpholine rings is 1. The number of hydrogen-bond donors (Lipinski definition) is 0. The van der Waals surface area contributed by atoms with Crippen molar-refractivity contribution in [1.29, 1.82) is 0 Å². The van der Waals surface area contributed by atoms with E-state index in [0.29, 0.717) is 50.4 Å². The van der Waals surface area contributed by atoms with Crippen molar-refractivity contribution in [3.05, 3.63) is 30.0 Å². The highest BCUT2D eigenvalue weighted by Crippen LogP contribution is 2.26. The minimum absolute atomic E-state index is 0.272. The van der Waals surface area contributed by atoms with Gasteiger partial charge in [0, 0.05) is 25.4 Å². The van der Waals surface area contributed by atoms with Crippen molar-refractivity contribution < 1.29 is 14.0 Å². The predicted molar refractivity (Wildman–Crippen MR) is 92.9 cm³/mol. The van der Waals surface area contributed by atoms with Gasteiger partial charge in [-0.2, -0.15) is 9.78 Å². The molecule has 11 nitrogen and oxygen atoms in total. The summed E-state index contributed by atoms with van der Waals surface area (Å²) < 4.78 is 16.1. The van der Waals surface area contributed by atoms with Crippen LogP contribution < -0.4 is 4.90 Å². The van der Waals surface area contributed by atoms with Crippen molar-refractivity contribution in [2.45, 2.75) is 19.6 Å². The lowest BCUT2D eigenvalue weighted by atomic mass is 10.2. The summed E-state index contributed by atoms with van der Waals surface area (Å²) in [5.41, 5.74) is 0.826. The van der Waals surface area contributed by atoms with Crippen LogP contribution in [0.3, 0.4) is 0 Å². The number of pyridine rings is 1. The second-order valence-corrected chi connectivity index (χ2v) is 6.09. The smallest absolute Gasteiger partial charge is 0.258 e. The van der Waals surface area contributed by atoms with Crippen LogP contribution >= 0.6 is 0 Å². The van der Waals surface area contributed by atoms with Crippen LogP contribution in [0.15, 0.2) is 22.9 Å². The van der Waals surface area contributed by atoms with Gasteiger partial charge in [-0.05, 0) is 24.3 Å². The Morgan fingerprint density at radius 1 is 1.37 bits per heavy atom. The molecule has 0 saturated carbocycles. The second kappa shape index (κ2) is 7.76. The van der Waals surface area contributed by atoms with Gasteiger partial charge in [-0.1, -0.05) is 5.16 Å². The molecular formula is C16H20N8O3. The zero-order valence-corrected chi connectivity index (χ0v) is 15.1. The predicted octanol–water partition coefficient (Wildman–Crippen LogP) is 0.651. The van der Waals surface area contributed by atoms with Crippen molar-refractivity contribution in [2.24, 2.45) is 0 Å². The fourth-order valence-corrected chi connectivity index (χ4v) is 2.80. The number of anilines is 1. The summed E-state index contributed by atoms with van der Waals surface area (Å²) in [5.74, 6) is 2.43. The molecule has 4 heterocycles. The number of aromatic nitrogens is 7. The number of methoxy groups -OCH3 is 1. The van der Waals surface area contributed by atoms with E-state index < -0.39 is 0 Å². The summed E-state index contributed by atoms with van der Waals surface area (Å²) >= 11 is 0. The van der Waals surface area contributed by atoms with E-state index in [1.165, 1.54) is 4.80 Å². The van der Waals surface area contributed by atoms with Crippen LogP contribution in [0.1, 0.15) is 17.8 Å². The van der Waals surface area contributed by atoms with Crippen LogP contribution in [0.5, 0.6) is 0 Å². The van der Waals surface area contributed by atoms with Crippen LogP contribution in [0, 0.1) is 6.92 Å². The lowest BCUT2D eigenvalue weighted by Gasteiger charge is -2.32. The first-order valence-corrected chi connectivity index (χ1v) is 8.63. The molecule has 1 atom stereocenters. The Kier molecular flexibility index (Phi) is 5.03. The molecule has 1 aliphatic rings. The summed E-state index contributed by atoms with van der Waals surface area (Å²) in [6.07, 6.45) is 1.46. The van der Waals surface area contributed by atoms with E-state index >= 15 is 0 Å². The van der Waals surface area contributed by atoms with E-state index in [0.717, 1.165) is 11.4 Å². The van der Waals surface area contributed by atoms with Gasteiger partial charge in [-0.25, -0.2) is 4.98 Å². The number of rotatable bonds is 6. The maximum absolute atomic E-state index is 5.83. The lowest BCUT2D eigenvalue weighted by molar-refractivity contribution is 0.0334. The molecule has 0 amide bonds. The third-order valence-electron chi connectivity index (χ3n) is 4.16. The Hall–Kier alpha value is -2.92. The number of ether oxygens (including phenoxy) is 2. The molecule has 1 aliphatic heterocycles. The Bertz CT molecular complexity index is 895. The summed E-state index contributed by atoms with van der Waals surface area (Å²) in [6.45, 7) is 4.70. The Labute approximate surface area is 155 Å². The van der Waals surface area contributed by atoms with E-state index in [-0.39, 0.29) is 6.10 Å². The van der Waals surface area contributed by atoms with E-state index in [4.69, 9.17) is 14.0 Å². The van der Waals surface area contributed by atoms with Gasteiger partial charge in [-0.15, -0.1) is 10.2 Å². The molecule has 4 rings (SSSR count). The van der Waals surface area contributed by atoms with Gasteiger partial charge in [0.15, 0.2) is 5.82 Å². The average Bonchev–Trinajstić information content (AvgIpc) is 3.36. The van der Waals surface area contributed by atoms with E-state index in [1.807, 2.05) is 12.1 Å². The molecule has 3 aromatic heterocycles. The highest BCUT2D eigenvalue weighted by Gasteiger charge is 2.27. The average molecular weight is 372 g/mol. The Balaban J connectivity index is 1.49. The number of hydrogen-bond acceptors (Lipinski definition) is 10. The molecule has 0 N–H and O–H groups in total. The molecule has 3 aromatic rings. The first kappa shape index (κ1) is 17.5. The third kappa shape index (κ3) is 3.93. The fraction of sp³-hybridized carbons (Fsp3) is 0.500. The molecule has 1 unspecified atom stereocenters. The van der Waals surface area contributed by atoms with Crippen molar-refractivity contribution in [3.63, 3.8) is 0 Å². The normalized spacial score (nSPS) is 17.4. The summed E-state index contributed by atoms with van der Waals surface area (Å²) in [5, 5.41) is 16.4. The van der Waals surface area contributed by atoms with Crippen molar-refractivity contribution in [2.75, 3.05) is 38.3 Å². The van der Waals surface area contributed by atoms with Gasteiger partial charge in [0.25, 0.3) is 5.89 Å². The van der Waals surface area contributed by atoms with Gasteiger partial charge in [0.2, 0.25) is 5.82 Å². The summed E-state index contributed by atoms with van der Waals surface area (Å²) in [6, 6.07) is 3.77. The molecule has 27 heavy (non-hydrogen) atoms. The van der Waals surface area contributed by atoms with E-state index in [2.05, 4.69) is 35.4 Å². The van der Waals surface area contributed by atoms with Gasteiger partial charge < -0.3 is 18.9 Å². The largest absolute Gasteiger partial charge is 0.383 e.